The molecule has 0 aliphatic carbocycles. The molecule has 0 N–H and O–H groups in total. The maximum absolute atomic E-state index is 14.2. The van der Waals surface area contributed by atoms with Gasteiger partial charge in [-0.2, -0.15) is 0 Å². The average molecular weight is 514 g/mol. The third kappa shape index (κ3) is 4.01. The van der Waals surface area contributed by atoms with E-state index in [4.69, 9.17) is 16.3 Å². The lowest BCUT2D eigenvalue weighted by atomic mass is 9.97. The number of piperidine rings is 1. The first kappa shape index (κ1) is 24.2. The van der Waals surface area contributed by atoms with E-state index in [9.17, 15) is 14.4 Å². The van der Waals surface area contributed by atoms with Crippen LogP contribution in [0.2, 0.25) is 5.02 Å². The Morgan fingerprint density at radius 2 is 1.91 bits per heavy atom. The van der Waals surface area contributed by atoms with Crippen molar-refractivity contribution in [1.82, 2.24) is 4.90 Å². The number of ether oxygens (including phenoxy) is 1. The summed E-state index contributed by atoms with van der Waals surface area (Å²) < 4.78 is 5.18. The van der Waals surface area contributed by atoms with E-state index in [1.807, 2.05) is 50.2 Å². The number of likely N-dealkylation sites (tertiary alicyclic amines) is 1. The van der Waals surface area contributed by atoms with Crippen LogP contribution in [-0.4, -0.2) is 54.8 Å². The Balaban J connectivity index is 1.44. The van der Waals surface area contributed by atoms with E-state index < -0.39 is 4.87 Å². The lowest BCUT2D eigenvalue weighted by Gasteiger charge is -2.36. The van der Waals surface area contributed by atoms with Crippen LogP contribution in [0.1, 0.15) is 30.9 Å². The number of para-hydroxylation sites is 1. The zero-order valence-corrected chi connectivity index (χ0v) is 21.4. The fourth-order valence-electron chi connectivity index (χ4n) is 5.19. The molecule has 1 spiro atoms. The Kier molecular flexibility index (Phi) is 6.55. The molecule has 3 aliphatic heterocycles. The molecule has 1 atom stereocenters. The minimum atomic E-state index is -1.16. The van der Waals surface area contributed by atoms with Crippen molar-refractivity contribution in [2.24, 2.45) is 5.92 Å². The Morgan fingerprint density at radius 1 is 1.17 bits per heavy atom. The topological polar surface area (TPSA) is 70.2 Å². The number of amides is 2. The molecule has 2 fully saturated rings. The van der Waals surface area contributed by atoms with Gasteiger partial charge in [-0.25, -0.2) is 0 Å². The van der Waals surface area contributed by atoms with E-state index >= 15 is 0 Å². The van der Waals surface area contributed by atoms with Crippen LogP contribution in [0.15, 0.2) is 42.5 Å². The molecule has 0 bridgehead atoms. The largest absolute Gasteiger partial charge is 0.466 e. The molecule has 2 saturated heterocycles. The van der Waals surface area contributed by atoms with E-state index in [-0.39, 0.29) is 29.5 Å². The highest BCUT2D eigenvalue weighted by Crippen LogP contribution is 2.55. The van der Waals surface area contributed by atoms with Crippen molar-refractivity contribution < 1.29 is 19.1 Å². The smallest absolute Gasteiger partial charge is 0.309 e. The van der Waals surface area contributed by atoms with Crippen molar-refractivity contribution >= 4 is 52.5 Å². The van der Waals surface area contributed by atoms with Crippen LogP contribution in [0.3, 0.4) is 0 Å². The molecule has 184 valence electrons. The normalized spacial score (nSPS) is 22.8. The zero-order chi connectivity index (χ0) is 24.7. The molecular weight excluding hydrogens is 486 g/mol. The Bertz CT molecular complexity index is 1180. The molecular formula is C26H28ClN3O4S. The first-order chi connectivity index (χ1) is 16.9. The van der Waals surface area contributed by atoms with Crippen molar-refractivity contribution in [2.45, 2.75) is 31.6 Å². The van der Waals surface area contributed by atoms with E-state index in [1.165, 1.54) is 11.8 Å². The summed E-state index contributed by atoms with van der Waals surface area (Å²) in [6.07, 6.45) is 1.41. The minimum Gasteiger partial charge on any atom is -0.466 e. The summed E-state index contributed by atoms with van der Waals surface area (Å²) in [5.41, 5.74) is 3.17. The first-order valence-electron chi connectivity index (χ1n) is 11.9. The molecule has 9 heteroatoms. The van der Waals surface area contributed by atoms with Crippen LogP contribution in [0, 0.1) is 12.8 Å². The van der Waals surface area contributed by atoms with E-state index in [2.05, 4.69) is 4.90 Å². The van der Waals surface area contributed by atoms with E-state index in [0.29, 0.717) is 49.9 Å². The van der Waals surface area contributed by atoms with Gasteiger partial charge < -0.3 is 4.74 Å². The van der Waals surface area contributed by atoms with Crippen molar-refractivity contribution in [3.05, 3.63) is 58.6 Å². The van der Waals surface area contributed by atoms with Crippen LogP contribution >= 0.6 is 23.4 Å². The van der Waals surface area contributed by atoms with Crippen LogP contribution in [-0.2, 0) is 24.0 Å². The number of thioether (sulfide) groups is 1. The summed E-state index contributed by atoms with van der Waals surface area (Å²) in [4.78, 5) is 43.9. The molecule has 35 heavy (non-hydrogen) atoms. The number of esters is 1. The third-order valence-electron chi connectivity index (χ3n) is 7.03. The third-order valence-corrected chi connectivity index (χ3v) is 8.82. The molecule has 5 rings (SSSR count). The number of benzene rings is 2. The summed E-state index contributed by atoms with van der Waals surface area (Å²) in [5, 5.41) is 0.558. The van der Waals surface area contributed by atoms with Crippen LogP contribution in [0.25, 0.3) is 0 Å². The average Bonchev–Trinajstić information content (AvgIpc) is 3.32. The second kappa shape index (κ2) is 9.48. The SMILES string of the molecule is CCOC(=O)C1CCN(CN2C(=O)[C@]3(SCC(=O)N3c3ccc(C)c(Cl)c3)c3ccccc32)CC1. The Morgan fingerprint density at radius 3 is 2.63 bits per heavy atom. The van der Waals surface area contributed by atoms with Crippen molar-refractivity contribution in [1.29, 1.82) is 0 Å². The molecule has 3 heterocycles. The van der Waals surface area contributed by atoms with Gasteiger partial charge >= 0.3 is 5.97 Å². The first-order valence-corrected chi connectivity index (χ1v) is 13.3. The van der Waals surface area contributed by atoms with Gasteiger partial charge in [-0.3, -0.25) is 29.1 Å². The predicted molar refractivity (Wildman–Crippen MR) is 138 cm³/mol. The molecule has 0 radical (unpaired) electrons. The number of hydrogen-bond donors (Lipinski definition) is 0. The van der Waals surface area contributed by atoms with Gasteiger partial charge in [0.15, 0.2) is 0 Å². The monoisotopic (exact) mass is 513 g/mol. The van der Waals surface area contributed by atoms with Crippen LogP contribution in [0.4, 0.5) is 11.4 Å². The number of carbonyl (C=O) groups excluding carboxylic acids is 3. The van der Waals surface area contributed by atoms with Crippen molar-refractivity contribution in [3.8, 4) is 0 Å². The number of aryl methyl sites for hydroxylation is 1. The maximum atomic E-state index is 14.2. The van der Waals surface area contributed by atoms with Gasteiger partial charge in [-0.05, 0) is 50.5 Å². The van der Waals surface area contributed by atoms with E-state index in [0.717, 1.165) is 16.8 Å². The Hall–Kier alpha value is -2.55. The molecule has 0 aromatic heterocycles. The van der Waals surface area contributed by atoms with Gasteiger partial charge in [0.25, 0.3) is 5.91 Å². The second-order valence-electron chi connectivity index (χ2n) is 9.13. The fourth-order valence-corrected chi connectivity index (χ4v) is 6.72. The Labute approximate surface area is 214 Å². The second-order valence-corrected chi connectivity index (χ2v) is 10.7. The maximum Gasteiger partial charge on any atom is 0.309 e. The lowest BCUT2D eigenvalue weighted by molar-refractivity contribution is -0.149. The minimum absolute atomic E-state index is 0.0936. The molecule has 2 aromatic carbocycles. The highest BCUT2D eigenvalue weighted by Gasteiger charge is 2.61. The predicted octanol–water partition coefficient (Wildman–Crippen LogP) is 4.16. The van der Waals surface area contributed by atoms with Gasteiger partial charge in [0.05, 0.1) is 30.6 Å². The standard InChI is InChI=1S/C26H28ClN3O4S/c1-3-34-24(32)18-10-12-28(13-11-18)16-29-22-7-5-4-6-20(22)26(25(29)33)30(23(31)15-35-26)19-9-8-17(2)21(27)14-19/h4-9,14,18H,3,10-13,15-16H2,1-2H3/t26-/m1/s1. The van der Waals surface area contributed by atoms with E-state index in [1.54, 1.807) is 15.9 Å². The van der Waals surface area contributed by atoms with Gasteiger partial charge in [0.2, 0.25) is 10.8 Å². The highest BCUT2D eigenvalue weighted by molar-refractivity contribution is 8.02. The number of fused-ring (bicyclic) bond motifs is 2. The number of nitrogens with zero attached hydrogens (tertiary/aromatic N) is 3. The molecule has 7 nitrogen and oxygen atoms in total. The lowest BCUT2D eigenvalue weighted by Crippen LogP contribution is -2.52. The molecule has 2 amide bonds. The number of hydrogen-bond acceptors (Lipinski definition) is 6. The summed E-state index contributed by atoms with van der Waals surface area (Å²) in [7, 11) is 0. The molecule has 3 aliphatic rings. The summed E-state index contributed by atoms with van der Waals surface area (Å²) in [5.74, 6) is -0.260. The number of rotatable bonds is 5. The van der Waals surface area contributed by atoms with Gasteiger partial charge in [0.1, 0.15) is 0 Å². The molecule has 2 aromatic rings. The fraction of sp³-hybridized carbons (Fsp3) is 0.423. The summed E-state index contributed by atoms with van der Waals surface area (Å²) >= 11 is 7.77. The number of carbonyl (C=O) groups is 3. The molecule has 0 saturated carbocycles. The molecule has 0 unspecified atom stereocenters. The van der Waals surface area contributed by atoms with Crippen LogP contribution < -0.4 is 9.80 Å². The quantitative estimate of drug-likeness (QED) is 0.559. The van der Waals surface area contributed by atoms with Gasteiger partial charge in [-0.15, -0.1) is 11.8 Å². The summed E-state index contributed by atoms with van der Waals surface area (Å²) in [6, 6.07) is 13.2. The van der Waals surface area contributed by atoms with Gasteiger partial charge in [0, 0.05) is 29.4 Å². The highest BCUT2D eigenvalue weighted by atomic mass is 35.5. The zero-order valence-electron chi connectivity index (χ0n) is 19.8. The van der Waals surface area contributed by atoms with Crippen molar-refractivity contribution in [3.63, 3.8) is 0 Å². The van der Waals surface area contributed by atoms with Gasteiger partial charge in [-0.1, -0.05) is 35.9 Å². The number of halogens is 1. The van der Waals surface area contributed by atoms with Crippen LogP contribution in [0.5, 0.6) is 0 Å². The number of anilines is 2. The van der Waals surface area contributed by atoms with Crippen molar-refractivity contribution in [2.75, 3.05) is 41.9 Å². The summed E-state index contributed by atoms with van der Waals surface area (Å²) in [6.45, 7) is 5.92.